The van der Waals surface area contributed by atoms with Crippen molar-refractivity contribution in [1.82, 2.24) is 15.6 Å². The van der Waals surface area contributed by atoms with E-state index in [9.17, 15) is 0 Å². The molecule has 0 spiro atoms. The van der Waals surface area contributed by atoms with Crippen LogP contribution in [0.5, 0.6) is 0 Å². The Morgan fingerprint density at radius 3 is 3.00 bits per heavy atom. The Hall–Kier alpha value is -1.86. The van der Waals surface area contributed by atoms with Crippen molar-refractivity contribution in [2.75, 3.05) is 50.9 Å². The summed E-state index contributed by atoms with van der Waals surface area (Å²) in [7, 11) is 0. The second-order valence-corrected chi connectivity index (χ2v) is 7.40. The van der Waals surface area contributed by atoms with Crippen LogP contribution in [0.4, 0.5) is 5.82 Å². The number of anilines is 1. The molecule has 2 fully saturated rings. The van der Waals surface area contributed by atoms with Gasteiger partial charge in [0.2, 0.25) is 0 Å². The first-order chi connectivity index (χ1) is 13.8. The Kier molecular flexibility index (Phi) is 8.84. The predicted octanol–water partition coefficient (Wildman–Crippen LogP) is 2.32. The summed E-state index contributed by atoms with van der Waals surface area (Å²) in [4.78, 5) is 11.6. The molecule has 3 rings (SSSR count). The maximum Gasteiger partial charge on any atom is 0.191 e. The van der Waals surface area contributed by atoms with Gasteiger partial charge in [0.25, 0.3) is 0 Å². The molecule has 0 bridgehead atoms. The van der Waals surface area contributed by atoms with E-state index < -0.39 is 0 Å². The fourth-order valence-electron chi connectivity index (χ4n) is 3.56. The molecule has 2 N–H and O–H groups in total. The van der Waals surface area contributed by atoms with Crippen LogP contribution in [0.15, 0.2) is 23.3 Å². The molecule has 0 amide bonds. The minimum Gasteiger partial charge on any atom is -0.379 e. The molecule has 2 aliphatic rings. The van der Waals surface area contributed by atoms with E-state index in [1.54, 1.807) is 0 Å². The highest BCUT2D eigenvalue weighted by atomic mass is 16.5. The summed E-state index contributed by atoms with van der Waals surface area (Å²) in [5.74, 6) is 1.92. The SMILES string of the molecule is CCNC(=NCc1ccnc(N2CCCC2)c1)NCCCOCC1CCCO1. The molecule has 0 radical (unpaired) electrons. The molecule has 7 nitrogen and oxygen atoms in total. The highest BCUT2D eigenvalue weighted by Gasteiger charge is 2.15. The molecular formula is C21H35N5O2. The first kappa shape index (κ1) is 20.9. The summed E-state index contributed by atoms with van der Waals surface area (Å²) < 4.78 is 11.3. The fraction of sp³-hybridized carbons (Fsp3) is 0.714. The van der Waals surface area contributed by atoms with Crippen LogP contribution in [0, 0.1) is 0 Å². The maximum absolute atomic E-state index is 5.71. The van der Waals surface area contributed by atoms with Crippen LogP contribution in [0.3, 0.4) is 0 Å². The van der Waals surface area contributed by atoms with Crippen molar-refractivity contribution >= 4 is 11.8 Å². The zero-order chi connectivity index (χ0) is 19.4. The zero-order valence-corrected chi connectivity index (χ0v) is 17.2. The van der Waals surface area contributed by atoms with E-state index in [0.29, 0.717) is 12.6 Å². The maximum atomic E-state index is 5.71. The lowest BCUT2D eigenvalue weighted by Gasteiger charge is -2.16. The van der Waals surface area contributed by atoms with Crippen molar-refractivity contribution in [3.8, 4) is 0 Å². The van der Waals surface area contributed by atoms with Crippen LogP contribution in [0.2, 0.25) is 0 Å². The topological polar surface area (TPSA) is 71.0 Å². The van der Waals surface area contributed by atoms with Gasteiger partial charge in [0, 0.05) is 45.6 Å². The smallest absolute Gasteiger partial charge is 0.191 e. The number of pyridine rings is 1. The molecule has 1 aromatic rings. The van der Waals surface area contributed by atoms with Crippen LogP contribution >= 0.6 is 0 Å². The summed E-state index contributed by atoms with van der Waals surface area (Å²) in [5, 5.41) is 6.70. The Labute approximate surface area is 168 Å². The van der Waals surface area contributed by atoms with Crippen LogP contribution in [-0.2, 0) is 16.0 Å². The number of hydrogen-bond donors (Lipinski definition) is 2. The lowest BCUT2D eigenvalue weighted by Crippen LogP contribution is -2.38. The fourth-order valence-corrected chi connectivity index (χ4v) is 3.56. The standard InChI is InChI=1S/C21H35N5O2/c1-2-22-21(24-9-6-13-27-17-19-7-5-14-28-19)25-16-18-8-10-23-20(15-18)26-11-3-4-12-26/h8,10,15,19H,2-7,9,11-14,16-17H2,1H3,(H2,22,24,25). The molecule has 1 unspecified atom stereocenters. The molecule has 2 aliphatic heterocycles. The van der Waals surface area contributed by atoms with E-state index in [1.807, 2.05) is 12.3 Å². The highest BCUT2D eigenvalue weighted by molar-refractivity contribution is 5.79. The van der Waals surface area contributed by atoms with Gasteiger partial charge in [-0.25, -0.2) is 9.98 Å². The van der Waals surface area contributed by atoms with Gasteiger partial charge in [-0.2, -0.15) is 0 Å². The zero-order valence-electron chi connectivity index (χ0n) is 17.2. The molecule has 7 heteroatoms. The Balaban J connectivity index is 1.38. The van der Waals surface area contributed by atoms with Crippen LogP contribution in [-0.4, -0.2) is 63.0 Å². The van der Waals surface area contributed by atoms with E-state index in [0.717, 1.165) is 77.0 Å². The van der Waals surface area contributed by atoms with E-state index >= 15 is 0 Å². The van der Waals surface area contributed by atoms with E-state index in [2.05, 4.69) is 33.5 Å². The average Bonchev–Trinajstić information content (AvgIpc) is 3.43. The number of guanidine groups is 1. The Morgan fingerprint density at radius 2 is 2.21 bits per heavy atom. The van der Waals surface area contributed by atoms with Gasteiger partial charge in [-0.1, -0.05) is 0 Å². The minimum atomic E-state index is 0.303. The molecule has 28 heavy (non-hydrogen) atoms. The monoisotopic (exact) mass is 389 g/mol. The average molecular weight is 390 g/mol. The van der Waals surface area contributed by atoms with E-state index in [4.69, 9.17) is 14.5 Å². The molecular weight excluding hydrogens is 354 g/mol. The van der Waals surface area contributed by atoms with Gasteiger partial charge < -0.3 is 25.0 Å². The summed E-state index contributed by atoms with van der Waals surface area (Å²) in [5.41, 5.74) is 1.19. The molecule has 3 heterocycles. The Morgan fingerprint density at radius 1 is 1.32 bits per heavy atom. The van der Waals surface area contributed by atoms with Gasteiger partial charge in [-0.05, 0) is 56.7 Å². The second-order valence-electron chi connectivity index (χ2n) is 7.40. The third-order valence-electron chi connectivity index (χ3n) is 5.09. The number of ether oxygens (including phenoxy) is 2. The molecule has 0 saturated carbocycles. The van der Waals surface area contributed by atoms with Crippen LogP contribution in [0.1, 0.15) is 44.6 Å². The van der Waals surface area contributed by atoms with Gasteiger partial charge in [0.1, 0.15) is 5.82 Å². The Bertz CT molecular complexity index is 598. The predicted molar refractivity (Wildman–Crippen MR) is 113 cm³/mol. The lowest BCUT2D eigenvalue weighted by molar-refractivity contribution is 0.0168. The minimum absolute atomic E-state index is 0.303. The molecule has 1 aromatic heterocycles. The third kappa shape index (κ3) is 6.95. The van der Waals surface area contributed by atoms with Crippen molar-refractivity contribution in [3.05, 3.63) is 23.9 Å². The van der Waals surface area contributed by atoms with Gasteiger partial charge >= 0.3 is 0 Å². The quantitative estimate of drug-likeness (QED) is 0.364. The normalized spacial score (nSPS) is 20.0. The molecule has 2 saturated heterocycles. The van der Waals surface area contributed by atoms with E-state index in [-0.39, 0.29) is 0 Å². The molecule has 1 atom stereocenters. The van der Waals surface area contributed by atoms with Crippen molar-refractivity contribution in [2.24, 2.45) is 4.99 Å². The van der Waals surface area contributed by atoms with Gasteiger partial charge in [0.15, 0.2) is 5.96 Å². The molecule has 0 aliphatic carbocycles. The summed E-state index contributed by atoms with van der Waals surface area (Å²) in [6, 6.07) is 4.21. The summed E-state index contributed by atoms with van der Waals surface area (Å²) >= 11 is 0. The molecule has 0 aromatic carbocycles. The third-order valence-corrected chi connectivity index (χ3v) is 5.09. The van der Waals surface area contributed by atoms with Gasteiger partial charge in [-0.15, -0.1) is 0 Å². The number of aromatic nitrogens is 1. The number of rotatable bonds is 10. The number of hydrogen-bond acceptors (Lipinski definition) is 5. The van der Waals surface area contributed by atoms with Crippen molar-refractivity contribution in [1.29, 1.82) is 0 Å². The second kappa shape index (κ2) is 11.9. The van der Waals surface area contributed by atoms with Crippen LogP contribution in [0.25, 0.3) is 0 Å². The molecule has 156 valence electrons. The van der Waals surface area contributed by atoms with Crippen molar-refractivity contribution in [3.63, 3.8) is 0 Å². The summed E-state index contributed by atoms with van der Waals surface area (Å²) in [6.07, 6.45) is 7.96. The number of nitrogens with zero attached hydrogens (tertiary/aromatic N) is 3. The summed E-state index contributed by atoms with van der Waals surface area (Å²) in [6.45, 7) is 8.98. The highest BCUT2D eigenvalue weighted by Crippen LogP contribution is 2.18. The number of nitrogens with one attached hydrogen (secondary N) is 2. The van der Waals surface area contributed by atoms with Crippen molar-refractivity contribution < 1.29 is 9.47 Å². The largest absolute Gasteiger partial charge is 0.379 e. The van der Waals surface area contributed by atoms with E-state index in [1.165, 1.54) is 18.4 Å². The lowest BCUT2D eigenvalue weighted by atomic mass is 10.2. The van der Waals surface area contributed by atoms with Gasteiger partial charge in [-0.3, -0.25) is 0 Å². The first-order valence-corrected chi connectivity index (χ1v) is 10.8. The van der Waals surface area contributed by atoms with Crippen LogP contribution < -0.4 is 15.5 Å². The van der Waals surface area contributed by atoms with Gasteiger partial charge in [0.05, 0.1) is 19.3 Å². The first-order valence-electron chi connectivity index (χ1n) is 10.8. The number of aliphatic imine (C=N–C) groups is 1. The van der Waals surface area contributed by atoms with Crippen molar-refractivity contribution in [2.45, 2.75) is 51.7 Å².